The zero-order valence-electron chi connectivity index (χ0n) is 21.4. The molecule has 178 valence electrons. The maximum absolute atomic E-state index is 14.0. The summed E-state index contributed by atoms with van der Waals surface area (Å²) in [7, 11) is -1.85. The molecule has 0 aliphatic carbocycles. The molecule has 0 heterocycles. The third-order valence-electron chi connectivity index (χ3n) is 6.16. The molecular formula is C30H35O3P. The van der Waals surface area contributed by atoms with Gasteiger partial charge in [-0.25, -0.2) is 4.79 Å². The Kier molecular flexibility index (Phi) is 8.10. The van der Waals surface area contributed by atoms with E-state index in [2.05, 4.69) is 32.9 Å². The first-order chi connectivity index (χ1) is 16.1. The van der Waals surface area contributed by atoms with E-state index >= 15 is 0 Å². The van der Waals surface area contributed by atoms with Crippen molar-refractivity contribution in [2.45, 2.75) is 66.7 Å². The predicted octanol–water partition coefficient (Wildman–Crippen LogP) is 7.45. The lowest BCUT2D eigenvalue weighted by atomic mass is 9.84. The molecule has 0 aromatic heterocycles. The molecule has 4 heteroatoms. The van der Waals surface area contributed by atoms with Crippen molar-refractivity contribution in [1.82, 2.24) is 0 Å². The molecule has 1 atom stereocenters. The van der Waals surface area contributed by atoms with Gasteiger partial charge in [0.25, 0.3) is 0 Å². The standard InChI is InChI=1S/C30H35O3P/c1-8-22-14-13-15-23(9-2)27(22)28(31)33-34(25-16-11-10-12-17-25)29(32)26-20(3)18-24(19-21(26)4)30(5,6)7/h10-19H,8-9H2,1-7H3. The van der Waals surface area contributed by atoms with Crippen LogP contribution in [-0.2, 0) is 22.8 Å². The Labute approximate surface area is 205 Å². The van der Waals surface area contributed by atoms with Crippen LogP contribution in [0, 0.1) is 13.8 Å². The first-order valence-corrected chi connectivity index (χ1v) is 13.2. The fourth-order valence-electron chi connectivity index (χ4n) is 4.24. The molecule has 0 aliphatic heterocycles. The quantitative estimate of drug-likeness (QED) is 0.334. The first kappa shape index (κ1) is 25.8. The van der Waals surface area contributed by atoms with E-state index in [1.165, 1.54) is 5.56 Å². The second-order valence-electron chi connectivity index (χ2n) is 9.71. The van der Waals surface area contributed by atoms with Gasteiger partial charge in [0.15, 0.2) is 8.15 Å². The number of benzene rings is 3. The normalized spacial score (nSPS) is 12.3. The van der Waals surface area contributed by atoms with Crippen LogP contribution in [0.4, 0.5) is 0 Å². The molecular weight excluding hydrogens is 439 g/mol. The van der Waals surface area contributed by atoms with E-state index in [0.29, 0.717) is 11.1 Å². The van der Waals surface area contributed by atoms with Gasteiger partial charge in [0.05, 0.1) is 5.56 Å². The monoisotopic (exact) mass is 474 g/mol. The SMILES string of the molecule is CCc1cccc(CC)c1C(=O)OP(C(=O)c1c(C)cc(C(C)(C)C)cc1C)c1ccccc1. The summed E-state index contributed by atoms with van der Waals surface area (Å²) in [5.41, 5.74) is 6.00. The largest absolute Gasteiger partial charge is 0.428 e. The van der Waals surface area contributed by atoms with E-state index in [4.69, 9.17) is 4.52 Å². The Morgan fingerprint density at radius 2 is 1.32 bits per heavy atom. The van der Waals surface area contributed by atoms with Gasteiger partial charge < -0.3 is 4.52 Å². The van der Waals surface area contributed by atoms with Gasteiger partial charge in [-0.05, 0) is 59.9 Å². The number of aryl methyl sites for hydroxylation is 4. The molecule has 0 aliphatic rings. The Bertz CT molecular complexity index is 1140. The van der Waals surface area contributed by atoms with Crippen molar-refractivity contribution >= 4 is 24.9 Å². The second-order valence-corrected chi connectivity index (χ2v) is 11.4. The molecule has 3 rings (SSSR count). The summed E-state index contributed by atoms with van der Waals surface area (Å²) in [6, 6.07) is 19.5. The lowest BCUT2D eigenvalue weighted by Gasteiger charge is -2.24. The molecule has 0 bridgehead atoms. The van der Waals surface area contributed by atoms with Crippen LogP contribution < -0.4 is 5.30 Å². The van der Waals surface area contributed by atoms with E-state index in [1.54, 1.807) is 0 Å². The van der Waals surface area contributed by atoms with Gasteiger partial charge in [0, 0.05) is 10.9 Å². The smallest absolute Gasteiger partial charge is 0.342 e. The van der Waals surface area contributed by atoms with Crippen LogP contribution in [0.3, 0.4) is 0 Å². The topological polar surface area (TPSA) is 43.4 Å². The summed E-state index contributed by atoms with van der Waals surface area (Å²) in [6.45, 7) is 14.5. The summed E-state index contributed by atoms with van der Waals surface area (Å²) < 4.78 is 6.11. The highest BCUT2D eigenvalue weighted by atomic mass is 31.1. The number of rotatable bonds is 7. The van der Waals surface area contributed by atoms with Crippen molar-refractivity contribution < 1.29 is 14.1 Å². The van der Waals surface area contributed by atoms with Crippen LogP contribution in [0.2, 0.25) is 0 Å². The van der Waals surface area contributed by atoms with Gasteiger partial charge in [0.1, 0.15) is 0 Å². The van der Waals surface area contributed by atoms with Crippen molar-refractivity contribution in [3.63, 3.8) is 0 Å². The molecule has 3 aromatic rings. The van der Waals surface area contributed by atoms with Crippen molar-refractivity contribution in [1.29, 1.82) is 0 Å². The van der Waals surface area contributed by atoms with Crippen LogP contribution >= 0.6 is 8.15 Å². The van der Waals surface area contributed by atoms with Gasteiger partial charge in [0.2, 0.25) is 5.52 Å². The minimum atomic E-state index is -1.85. The summed E-state index contributed by atoms with van der Waals surface area (Å²) >= 11 is 0. The third kappa shape index (κ3) is 5.47. The van der Waals surface area contributed by atoms with Gasteiger partial charge >= 0.3 is 5.97 Å². The van der Waals surface area contributed by atoms with Crippen molar-refractivity contribution in [2.24, 2.45) is 0 Å². The van der Waals surface area contributed by atoms with E-state index in [1.807, 2.05) is 76.2 Å². The molecule has 0 saturated heterocycles. The van der Waals surface area contributed by atoms with Gasteiger partial charge in [-0.2, -0.15) is 0 Å². The van der Waals surface area contributed by atoms with Crippen LogP contribution in [0.5, 0.6) is 0 Å². The molecule has 0 saturated carbocycles. The summed E-state index contributed by atoms with van der Waals surface area (Å²) in [4.78, 5) is 27.5. The lowest BCUT2D eigenvalue weighted by molar-refractivity contribution is 0.0745. The lowest BCUT2D eigenvalue weighted by Crippen LogP contribution is -2.19. The maximum atomic E-state index is 14.0. The maximum Gasteiger partial charge on any atom is 0.342 e. The third-order valence-corrected chi connectivity index (χ3v) is 7.87. The van der Waals surface area contributed by atoms with E-state index in [0.717, 1.165) is 40.4 Å². The van der Waals surface area contributed by atoms with Crippen LogP contribution in [0.25, 0.3) is 0 Å². The zero-order chi connectivity index (χ0) is 25.0. The van der Waals surface area contributed by atoms with Crippen molar-refractivity contribution in [2.75, 3.05) is 0 Å². The molecule has 34 heavy (non-hydrogen) atoms. The molecule has 0 radical (unpaired) electrons. The van der Waals surface area contributed by atoms with Crippen molar-refractivity contribution in [3.05, 3.63) is 99.6 Å². The highest BCUT2D eigenvalue weighted by Gasteiger charge is 2.31. The molecule has 0 N–H and O–H groups in total. The van der Waals surface area contributed by atoms with Gasteiger partial charge in [-0.3, -0.25) is 4.79 Å². The molecule has 3 aromatic carbocycles. The Balaban J connectivity index is 2.08. The predicted molar refractivity (Wildman–Crippen MR) is 143 cm³/mol. The highest BCUT2D eigenvalue weighted by Crippen LogP contribution is 2.43. The first-order valence-electron chi connectivity index (χ1n) is 11.9. The van der Waals surface area contributed by atoms with Crippen LogP contribution in [0.15, 0.2) is 60.7 Å². The average molecular weight is 475 g/mol. The minimum Gasteiger partial charge on any atom is -0.428 e. The average Bonchev–Trinajstić information content (AvgIpc) is 2.81. The molecule has 1 unspecified atom stereocenters. The fourth-order valence-corrected chi connectivity index (χ4v) is 5.92. The Hall–Kier alpha value is -2.77. The number of carbonyl (C=O) groups excluding carboxylic acids is 2. The zero-order valence-corrected chi connectivity index (χ0v) is 22.3. The van der Waals surface area contributed by atoms with E-state index in [9.17, 15) is 9.59 Å². The van der Waals surface area contributed by atoms with Gasteiger partial charge in [-0.15, -0.1) is 0 Å². The van der Waals surface area contributed by atoms with Crippen molar-refractivity contribution in [3.8, 4) is 0 Å². The molecule has 0 fully saturated rings. The number of hydrogen-bond acceptors (Lipinski definition) is 3. The number of hydrogen-bond donors (Lipinski definition) is 0. The van der Waals surface area contributed by atoms with Crippen LogP contribution in [-0.4, -0.2) is 11.5 Å². The summed E-state index contributed by atoms with van der Waals surface area (Å²) in [5, 5.41) is 0.738. The Morgan fingerprint density at radius 3 is 1.79 bits per heavy atom. The summed E-state index contributed by atoms with van der Waals surface area (Å²) in [6.07, 6.45) is 1.45. The van der Waals surface area contributed by atoms with Gasteiger partial charge in [-0.1, -0.05) is 95.3 Å². The minimum absolute atomic E-state index is 0.0197. The summed E-state index contributed by atoms with van der Waals surface area (Å²) in [5.74, 6) is -0.417. The van der Waals surface area contributed by atoms with Crippen LogP contribution in [0.1, 0.15) is 83.2 Å². The molecule has 0 amide bonds. The van der Waals surface area contributed by atoms with E-state index in [-0.39, 0.29) is 10.9 Å². The molecule has 3 nitrogen and oxygen atoms in total. The molecule has 0 spiro atoms. The fraction of sp³-hybridized carbons (Fsp3) is 0.333. The number of carbonyl (C=O) groups is 2. The Morgan fingerprint density at radius 1 is 0.794 bits per heavy atom. The van der Waals surface area contributed by atoms with E-state index < -0.39 is 14.1 Å². The highest BCUT2D eigenvalue weighted by molar-refractivity contribution is 7.78. The second kappa shape index (κ2) is 10.7.